The van der Waals surface area contributed by atoms with Gasteiger partial charge in [-0.2, -0.15) is 5.10 Å². The molecule has 0 aliphatic rings. The van der Waals surface area contributed by atoms with E-state index in [0.29, 0.717) is 17.2 Å². The van der Waals surface area contributed by atoms with Crippen LogP contribution in [0.3, 0.4) is 0 Å². The highest BCUT2D eigenvalue weighted by Crippen LogP contribution is 2.28. The van der Waals surface area contributed by atoms with Crippen molar-refractivity contribution in [2.24, 2.45) is 0 Å². The van der Waals surface area contributed by atoms with Crippen molar-refractivity contribution in [3.63, 3.8) is 0 Å². The van der Waals surface area contributed by atoms with Crippen molar-refractivity contribution < 1.29 is 14.3 Å². The lowest BCUT2D eigenvalue weighted by atomic mass is 10.2. The van der Waals surface area contributed by atoms with Crippen LogP contribution in [-0.2, 0) is 0 Å². The molecule has 0 spiro atoms. The Morgan fingerprint density at radius 3 is 2.70 bits per heavy atom. The largest absolute Gasteiger partial charge is 0.497 e. The standard InChI is InChI=1S/C15H12N2O3/c1-19-10-3-2-4-11(7-10)20-12-5-6-14-13(8-12)15(9-18)17-16-14/h2-9H,1H3,(H,16,17). The van der Waals surface area contributed by atoms with Crippen LogP contribution < -0.4 is 9.47 Å². The normalized spacial score (nSPS) is 10.4. The smallest absolute Gasteiger partial charge is 0.168 e. The maximum absolute atomic E-state index is 10.9. The Hall–Kier alpha value is -2.82. The van der Waals surface area contributed by atoms with Crippen LogP contribution in [-0.4, -0.2) is 23.6 Å². The van der Waals surface area contributed by atoms with E-state index in [1.807, 2.05) is 18.2 Å². The van der Waals surface area contributed by atoms with E-state index < -0.39 is 0 Å². The highest BCUT2D eigenvalue weighted by Gasteiger charge is 2.06. The molecule has 2 aromatic carbocycles. The summed E-state index contributed by atoms with van der Waals surface area (Å²) < 4.78 is 10.9. The Balaban J connectivity index is 1.95. The van der Waals surface area contributed by atoms with E-state index in [4.69, 9.17) is 9.47 Å². The lowest BCUT2D eigenvalue weighted by Crippen LogP contribution is -1.87. The van der Waals surface area contributed by atoms with Crippen LogP contribution in [0, 0.1) is 0 Å². The maximum Gasteiger partial charge on any atom is 0.168 e. The molecule has 3 rings (SSSR count). The van der Waals surface area contributed by atoms with Crippen LogP contribution in [0.5, 0.6) is 17.2 Å². The van der Waals surface area contributed by atoms with Crippen LogP contribution in [0.4, 0.5) is 0 Å². The Morgan fingerprint density at radius 2 is 1.90 bits per heavy atom. The molecular weight excluding hydrogens is 256 g/mol. The molecule has 5 nitrogen and oxygen atoms in total. The highest BCUT2D eigenvalue weighted by atomic mass is 16.5. The lowest BCUT2D eigenvalue weighted by molar-refractivity contribution is 0.112. The minimum atomic E-state index is 0.441. The van der Waals surface area contributed by atoms with Crippen LogP contribution in [0.1, 0.15) is 10.5 Å². The van der Waals surface area contributed by atoms with E-state index in [0.717, 1.165) is 22.9 Å². The Bertz CT molecular complexity index is 765. The van der Waals surface area contributed by atoms with Gasteiger partial charge in [0.15, 0.2) is 6.29 Å². The van der Waals surface area contributed by atoms with Gasteiger partial charge < -0.3 is 9.47 Å². The minimum absolute atomic E-state index is 0.441. The van der Waals surface area contributed by atoms with E-state index in [2.05, 4.69) is 10.2 Å². The van der Waals surface area contributed by atoms with Gasteiger partial charge in [-0.1, -0.05) is 6.07 Å². The molecule has 0 radical (unpaired) electrons. The van der Waals surface area contributed by atoms with Crippen molar-refractivity contribution in [1.82, 2.24) is 10.2 Å². The third-order valence-corrected chi connectivity index (χ3v) is 2.95. The first kappa shape index (κ1) is 12.2. The summed E-state index contributed by atoms with van der Waals surface area (Å²) in [5, 5.41) is 7.45. The Morgan fingerprint density at radius 1 is 1.10 bits per heavy atom. The predicted molar refractivity (Wildman–Crippen MR) is 74.5 cm³/mol. The number of aromatic nitrogens is 2. The summed E-state index contributed by atoms with van der Waals surface area (Å²) in [7, 11) is 1.60. The van der Waals surface area contributed by atoms with Crippen LogP contribution in [0.25, 0.3) is 10.9 Å². The van der Waals surface area contributed by atoms with Crippen LogP contribution in [0.2, 0.25) is 0 Å². The zero-order valence-corrected chi connectivity index (χ0v) is 10.8. The number of H-pyrrole nitrogens is 1. The summed E-state index contributed by atoms with van der Waals surface area (Å²) >= 11 is 0. The molecule has 0 atom stereocenters. The van der Waals surface area contributed by atoms with Gasteiger partial charge in [0.1, 0.15) is 22.9 Å². The van der Waals surface area contributed by atoms with Gasteiger partial charge in [-0.3, -0.25) is 9.89 Å². The van der Waals surface area contributed by atoms with E-state index in [1.54, 1.807) is 31.4 Å². The summed E-state index contributed by atoms with van der Waals surface area (Å²) in [5.41, 5.74) is 1.17. The molecule has 0 saturated carbocycles. The fourth-order valence-corrected chi connectivity index (χ4v) is 1.96. The summed E-state index contributed by atoms with van der Waals surface area (Å²) in [6, 6.07) is 12.7. The molecule has 0 aliphatic heterocycles. The van der Waals surface area contributed by atoms with Gasteiger partial charge in [0.2, 0.25) is 0 Å². The molecule has 20 heavy (non-hydrogen) atoms. The molecule has 1 aromatic heterocycles. The molecule has 0 amide bonds. The fraction of sp³-hybridized carbons (Fsp3) is 0.0667. The highest BCUT2D eigenvalue weighted by molar-refractivity contribution is 5.95. The van der Waals surface area contributed by atoms with E-state index in [1.165, 1.54) is 0 Å². The molecule has 1 N–H and O–H groups in total. The third kappa shape index (κ3) is 2.21. The molecule has 3 aromatic rings. The molecule has 0 fully saturated rings. The summed E-state index contributed by atoms with van der Waals surface area (Å²) in [4.78, 5) is 10.9. The first-order valence-electron chi connectivity index (χ1n) is 6.05. The molecule has 0 aliphatic carbocycles. The van der Waals surface area contributed by atoms with Crippen LogP contribution >= 0.6 is 0 Å². The number of ether oxygens (including phenoxy) is 2. The number of aromatic amines is 1. The molecule has 100 valence electrons. The van der Waals surface area contributed by atoms with Gasteiger partial charge >= 0.3 is 0 Å². The molecule has 0 unspecified atom stereocenters. The molecule has 1 heterocycles. The number of nitrogens with zero attached hydrogens (tertiary/aromatic N) is 1. The van der Waals surface area contributed by atoms with Gasteiger partial charge in [0, 0.05) is 11.5 Å². The Labute approximate surface area is 115 Å². The number of nitrogens with one attached hydrogen (secondary N) is 1. The number of carbonyl (C=O) groups excluding carboxylic acids is 1. The average molecular weight is 268 g/mol. The summed E-state index contributed by atoms with van der Waals surface area (Å²) in [5.74, 6) is 2.02. The van der Waals surface area contributed by atoms with Gasteiger partial charge in [-0.15, -0.1) is 0 Å². The molecule has 0 bridgehead atoms. The van der Waals surface area contributed by atoms with Gasteiger partial charge in [0.05, 0.1) is 12.6 Å². The average Bonchev–Trinajstić information content (AvgIpc) is 2.90. The summed E-state index contributed by atoms with van der Waals surface area (Å²) in [6.07, 6.45) is 0.741. The van der Waals surface area contributed by atoms with Crippen molar-refractivity contribution in [1.29, 1.82) is 0 Å². The van der Waals surface area contributed by atoms with Gasteiger partial charge in [0.25, 0.3) is 0 Å². The first-order chi connectivity index (χ1) is 9.80. The van der Waals surface area contributed by atoms with E-state index in [-0.39, 0.29) is 0 Å². The van der Waals surface area contributed by atoms with E-state index in [9.17, 15) is 4.79 Å². The zero-order valence-electron chi connectivity index (χ0n) is 10.8. The second kappa shape index (κ2) is 5.05. The number of hydrogen-bond donors (Lipinski definition) is 1. The summed E-state index contributed by atoms with van der Waals surface area (Å²) in [6.45, 7) is 0. The van der Waals surface area contributed by atoms with Crippen molar-refractivity contribution in [3.8, 4) is 17.2 Å². The second-order valence-electron chi connectivity index (χ2n) is 4.22. The third-order valence-electron chi connectivity index (χ3n) is 2.95. The molecular formula is C15H12N2O3. The fourth-order valence-electron chi connectivity index (χ4n) is 1.96. The quantitative estimate of drug-likeness (QED) is 0.738. The number of rotatable bonds is 4. The predicted octanol–water partition coefficient (Wildman–Crippen LogP) is 3.18. The zero-order chi connectivity index (χ0) is 13.9. The Kier molecular flexibility index (Phi) is 3.09. The molecule has 5 heteroatoms. The van der Waals surface area contributed by atoms with Gasteiger partial charge in [-0.25, -0.2) is 0 Å². The number of methoxy groups -OCH3 is 1. The topological polar surface area (TPSA) is 64.2 Å². The number of carbonyl (C=O) groups is 1. The molecule has 0 saturated heterocycles. The number of hydrogen-bond acceptors (Lipinski definition) is 4. The number of fused-ring (bicyclic) bond motifs is 1. The van der Waals surface area contributed by atoms with Crippen molar-refractivity contribution >= 4 is 17.2 Å². The van der Waals surface area contributed by atoms with Crippen molar-refractivity contribution in [2.45, 2.75) is 0 Å². The maximum atomic E-state index is 10.9. The number of aldehydes is 1. The SMILES string of the molecule is COc1cccc(Oc2ccc3n[nH]c(C=O)c3c2)c1. The first-order valence-corrected chi connectivity index (χ1v) is 6.05. The number of benzene rings is 2. The second-order valence-corrected chi connectivity index (χ2v) is 4.22. The van der Waals surface area contributed by atoms with Crippen molar-refractivity contribution in [3.05, 3.63) is 48.2 Å². The van der Waals surface area contributed by atoms with E-state index >= 15 is 0 Å². The van der Waals surface area contributed by atoms with Gasteiger partial charge in [-0.05, 0) is 30.3 Å². The minimum Gasteiger partial charge on any atom is -0.497 e. The van der Waals surface area contributed by atoms with Crippen molar-refractivity contribution in [2.75, 3.05) is 7.11 Å². The van der Waals surface area contributed by atoms with Crippen LogP contribution in [0.15, 0.2) is 42.5 Å². The monoisotopic (exact) mass is 268 g/mol. The lowest BCUT2D eigenvalue weighted by Gasteiger charge is -2.07.